The molecule has 1 fully saturated rings. The highest BCUT2D eigenvalue weighted by molar-refractivity contribution is 7.80. The minimum atomic E-state index is -0.294. The fourth-order valence-electron chi connectivity index (χ4n) is 2.02. The fraction of sp³-hybridized carbons (Fsp3) is 0.462. The molecule has 2 unspecified atom stereocenters. The molecule has 2 rings (SSSR count). The van der Waals surface area contributed by atoms with Crippen molar-refractivity contribution in [2.24, 2.45) is 0 Å². The van der Waals surface area contributed by atoms with E-state index in [0.29, 0.717) is 23.6 Å². The molecule has 1 aromatic rings. The second-order valence-corrected chi connectivity index (χ2v) is 4.94. The number of hydrogen-bond donors (Lipinski definition) is 2. The first-order valence-corrected chi connectivity index (χ1v) is 6.39. The van der Waals surface area contributed by atoms with Crippen LogP contribution >= 0.6 is 12.6 Å². The molecule has 0 spiro atoms. The Morgan fingerprint density at radius 1 is 1.56 bits per heavy atom. The Balaban J connectivity index is 2.19. The van der Waals surface area contributed by atoms with Crippen molar-refractivity contribution in [3.8, 4) is 0 Å². The van der Waals surface area contributed by atoms with E-state index in [0.717, 1.165) is 0 Å². The first-order chi connectivity index (χ1) is 8.63. The molecule has 0 saturated carbocycles. The Bertz CT molecular complexity index is 438. The van der Waals surface area contributed by atoms with E-state index in [9.17, 15) is 4.79 Å². The summed E-state index contributed by atoms with van der Waals surface area (Å²) in [4.78, 5) is 14.8. The molecule has 1 heterocycles. The van der Waals surface area contributed by atoms with Gasteiger partial charge in [0.25, 0.3) is 5.91 Å². The van der Waals surface area contributed by atoms with Gasteiger partial charge in [0, 0.05) is 11.4 Å². The molecule has 1 aromatic carbocycles. The zero-order valence-corrected chi connectivity index (χ0v) is 11.1. The Morgan fingerprint density at radius 2 is 2.28 bits per heavy atom. The van der Waals surface area contributed by atoms with Crippen molar-refractivity contribution in [1.82, 2.24) is 4.90 Å². The molecule has 2 atom stereocenters. The molecular weight excluding hydrogens is 250 g/mol. The highest BCUT2D eigenvalue weighted by Gasteiger charge is 2.30. The molecule has 0 aliphatic carbocycles. The first kappa shape index (κ1) is 13.4. The van der Waals surface area contributed by atoms with Gasteiger partial charge >= 0.3 is 0 Å². The number of rotatable bonds is 2. The summed E-state index contributed by atoms with van der Waals surface area (Å²) in [7, 11) is 0. The molecule has 4 nitrogen and oxygen atoms in total. The lowest BCUT2D eigenvalue weighted by atomic mass is 10.1. The molecule has 1 aliphatic rings. The molecule has 5 heteroatoms. The van der Waals surface area contributed by atoms with Crippen LogP contribution in [0.3, 0.4) is 0 Å². The number of benzene rings is 1. The van der Waals surface area contributed by atoms with Crippen LogP contribution in [0.1, 0.15) is 17.3 Å². The second-order valence-electron chi connectivity index (χ2n) is 4.46. The third-order valence-corrected chi connectivity index (χ3v) is 3.49. The number of ether oxygens (including phenoxy) is 1. The normalized spacial score (nSPS) is 24.1. The number of nitrogens with zero attached hydrogens (tertiary/aromatic N) is 1. The molecule has 98 valence electrons. The van der Waals surface area contributed by atoms with E-state index in [4.69, 9.17) is 9.84 Å². The largest absolute Gasteiger partial charge is 0.394 e. The zero-order chi connectivity index (χ0) is 13.1. The first-order valence-electron chi connectivity index (χ1n) is 5.95. The number of thiol groups is 1. The molecule has 18 heavy (non-hydrogen) atoms. The van der Waals surface area contributed by atoms with Crippen LogP contribution in [0.5, 0.6) is 0 Å². The van der Waals surface area contributed by atoms with Gasteiger partial charge in [-0.2, -0.15) is 0 Å². The predicted octanol–water partition coefficient (Wildman–Crippen LogP) is 1.20. The minimum Gasteiger partial charge on any atom is -0.394 e. The number of amides is 1. The summed E-state index contributed by atoms with van der Waals surface area (Å²) < 4.78 is 5.42. The number of hydrogen-bond acceptors (Lipinski definition) is 4. The zero-order valence-electron chi connectivity index (χ0n) is 10.2. The summed E-state index contributed by atoms with van der Waals surface area (Å²) in [6.07, 6.45) is -0.294. The summed E-state index contributed by atoms with van der Waals surface area (Å²) in [5, 5.41) is 9.12. The van der Waals surface area contributed by atoms with E-state index in [1.807, 2.05) is 19.1 Å². The molecule has 0 bridgehead atoms. The molecule has 1 N–H and O–H groups in total. The average molecular weight is 267 g/mol. The Labute approximate surface area is 112 Å². The third kappa shape index (κ3) is 2.68. The maximum absolute atomic E-state index is 12.4. The quantitative estimate of drug-likeness (QED) is 0.792. The lowest BCUT2D eigenvalue weighted by Gasteiger charge is -2.37. The Morgan fingerprint density at radius 3 is 2.94 bits per heavy atom. The average Bonchev–Trinajstić information content (AvgIpc) is 2.39. The number of carbonyl (C=O) groups excluding carboxylic acids is 1. The van der Waals surface area contributed by atoms with E-state index >= 15 is 0 Å². The Hall–Kier alpha value is -1.04. The highest BCUT2D eigenvalue weighted by Crippen LogP contribution is 2.19. The van der Waals surface area contributed by atoms with Crippen LogP contribution < -0.4 is 0 Å². The maximum atomic E-state index is 12.4. The standard InChI is InChI=1S/C13H17NO3S/c1-9-8-17-10(7-15)6-14(9)13(16)11-4-2-3-5-12(11)18/h2-5,9-10,15,18H,6-8H2,1H3. The van der Waals surface area contributed by atoms with Gasteiger partial charge in [0.2, 0.25) is 0 Å². The van der Waals surface area contributed by atoms with Crippen LogP contribution in [0.25, 0.3) is 0 Å². The van der Waals surface area contributed by atoms with E-state index < -0.39 is 0 Å². The van der Waals surface area contributed by atoms with E-state index in [1.54, 1.807) is 17.0 Å². The van der Waals surface area contributed by atoms with Crippen molar-refractivity contribution in [3.05, 3.63) is 29.8 Å². The van der Waals surface area contributed by atoms with Gasteiger partial charge in [0.15, 0.2) is 0 Å². The van der Waals surface area contributed by atoms with Crippen molar-refractivity contribution in [2.45, 2.75) is 24.0 Å². The van der Waals surface area contributed by atoms with Crippen molar-refractivity contribution in [1.29, 1.82) is 0 Å². The van der Waals surface area contributed by atoms with Gasteiger partial charge in [0.1, 0.15) is 0 Å². The third-order valence-electron chi connectivity index (χ3n) is 3.10. The fourth-order valence-corrected chi connectivity index (χ4v) is 2.28. The van der Waals surface area contributed by atoms with Gasteiger partial charge in [-0.15, -0.1) is 12.6 Å². The highest BCUT2D eigenvalue weighted by atomic mass is 32.1. The van der Waals surface area contributed by atoms with Gasteiger partial charge in [-0.05, 0) is 19.1 Å². The number of morpholine rings is 1. The van der Waals surface area contributed by atoms with Gasteiger partial charge < -0.3 is 14.7 Å². The van der Waals surface area contributed by atoms with Crippen LogP contribution in [0.2, 0.25) is 0 Å². The molecule has 0 radical (unpaired) electrons. The van der Waals surface area contributed by atoms with E-state index in [-0.39, 0.29) is 24.7 Å². The second kappa shape index (κ2) is 5.73. The number of aliphatic hydroxyl groups is 1. The van der Waals surface area contributed by atoms with E-state index in [1.165, 1.54) is 0 Å². The lowest BCUT2D eigenvalue weighted by molar-refractivity contribution is -0.0668. The van der Waals surface area contributed by atoms with Crippen LogP contribution in [-0.2, 0) is 4.74 Å². The summed E-state index contributed by atoms with van der Waals surface area (Å²) in [5.74, 6) is -0.0603. The van der Waals surface area contributed by atoms with Crippen molar-refractivity contribution >= 4 is 18.5 Å². The summed E-state index contributed by atoms with van der Waals surface area (Å²) >= 11 is 4.30. The van der Waals surface area contributed by atoms with Crippen molar-refractivity contribution < 1.29 is 14.6 Å². The van der Waals surface area contributed by atoms with Crippen LogP contribution in [0.4, 0.5) is 0 Å². The summed E-state index contributed by atoms with van der Waals surface area (Å²) in [6.45, 7) is 2.73. The molecule has 1 saturated heterocycles. The molecule has 1 amide bonds. The maximum Gasteiger partial charge on any atom is 0.255 e. The van der Waals surface area contributed by atoms with Crippen LogP contribution in [0, 0.1) is 0 Å². The Kier molecular flexibility index (Phi) is 4.27. The van der Waals surface area contributed by atoms with Crippen LogP contribution in [-0.4, -0.2) is 47.8 Å². The SMILES string of the molecule is CC1COC(CO)CN1C(=O)c1ccccc1S. The lowest BCUT2D eigenvalue weighted by Crippen LogP contribution is -2.52. The van der Waals surface area contributed by atoms with Crippen molar-refractivity contribution in [3.63, 3.8) is 0 Å². The van der Waals surface area contributed by atoms with Gasteiger partial charge in [-0.3, -0.25) is 4.79 Å². The van der Waals surface area contributed by atoms with Gasteiger partial charge in [-0.25, -0.2) is 0 Å². The number of aliphatic hydroxyl groups excluding tert-OH is 1. The molecular formula is C13H17NO3S. The molecule has 1 aliphatic heterocycles. The molecule has 0 aromatic heterocycles. The van der Waals surface area contributed by atoms with Crippen molar-refractivity contribution in [2.75, 3.05) is 19.8 Å². The monoisotopic (exact) mass is 267 g/mol. The predicted molar refractivity (Wildman–Crippen MR) is 71.0 cm³/mol. The summed E-state index contributed by atoms with van der Waals surface area (Å²) in [5.41, 5.74) is 0.589. The topological polar surface area (TPSA) is 49.8 Å². The number of carbonyl (C=O) groups is 1. The summed E-state index contributed by atoms with van der Waals surface area (Å²) in [6, 6.07) is 7.24. The minimum absolute atomic E-state index is 0.00763. The van der Waals surface area contributed by atoms with E-state index in [2.05, 4.69) is 12.6 Å². The van der Waals surface area contributed by atoms with Crippen LogP contribution in [0.15, 0.2) is 29.2 Å². The van der Waals surface area contributed by atoms with Gasteiger partial charge in [-0.1, -0.05) is 12.1 Å². The van der Waals surface area contributed by atoms with Gasteiger partial charge in [0.05, 0.1) is 30.9 Å². The smallest absolute Gasteiger partial charge is 0.255 e.